The first-order chi connectivity index (χ1) is 15.4. The molecule has 0 unspecified atom stereocenters. The summed E-state index contributed by atoms with van der Waals surface area (Å²) in [6.07, 6.45) is 14.5. The monoisotopic (exact) mass is 633 g/mol. The normalized spacial score (nSPS) is 15.6. The first kappa shape index (κ1) is 23.0. The van der Waals surface area contributed by atoms with Crippen LogP contribution in [0.25, 0.3) is 32.7 Å². The molecular weight excluding hydrogens is 610 g/mol. The zero-order valence-corrected chi connectivity index (χ0v) is 23.3. The van der Waals surface area contributed by atoms with Crippen molar-refractivity contribution in [3.63, 3.8) is 0 Å². The van der Waals surface area contributed by atoms with E-state index < -0.39 is 22.4 Å². The quantitative estimate of drug-likeness (QED) is 0.254. The first-order valence-corrected chi connectivity index (χ1v) is 15.0. The summed E-state index contributed by atoms with van der Waals surface area (Å²) < 4.78 is 3.69. The van der Waals surface area contributed by atoms with Gasteiger partial charge in [0.05, 0.1) is 0 Å². The molecule has 0 N–H and O–H groups in total. The van der Waals surface area contributed by atoms with Crippen molar-refractivity contribution in [1.82, 2.24) is 0 Å². The number of rotatable bonds is 2. The zero-order chi connectivity index (χ0) is 20.4. The van der Waals surface area contributed by atoms with Crippen LogP contribution >= 0.6 is 0 Å². The summed E-state index contributed by atoms with van der Waals surface area (Å²) in [4.78, 5) is 0. The Morgan fingerprint density at radius 3 is 2.15 bits per heavy atom. The Hall–Kier alpha value is -1.80. The molecule has 7 rings (SSSR count). The first-order valence-electron chi connectivity index (χ1n) is 11.4. The summed E-state index contributed by atoms with van der Waals surface area (Å²) in [5, 5.41) is 5.83. The van der Waals surface area contributed by atoms with Crippen LogP contribution in [0.4, 0.5) is 0 Å². The van der Waals surface area contributed by atoms with E-state index in [0.717, 1.165) is 6.42 Å². The van der Waals surface area contributed by atoms with Gasteiger partial charge in [-0.05, 0) is 0 Å². The molecule has 0 amide bonds. The second-order valence-electron chi connectivity index (χ2n) is 9.10. The fraction of sp³-hybridized carbons (Fsp3) is 0.167. The van der Waals surface area contributed by atoms with Crippen molar-refractivity contribution in [1.29, 1.82) is 0 Å². The number of fused-ring (bicyclic) bond motifs is 7. The molecule has 161 valence electrons. The minimum Gasteiger partial charge on any atom is -1.00 e. The Bertz CT molecular complexity index is 1470. The maximum absolute atomic E-state index is 2.44. The average Bonchev–Trinajstić information content (AvgIpc) is 3.43. The SMILES string of the molecule is C1=CC(c2ccc3ccc4c(c3[c]2[Hf+2]=[C]2CCC2)-c2c(ccc3ccccc23)C4)C=C1.[Cl-].[Cl-]. The van der Waals surface area contributed by atoms with Crippen LogP contribution in [0.15, 0.2) is 85.0 Å². The van der Waals surface area contributed by atoms with Crippen molar-refractivity contribution in [2.45, 2.75) is 31.6 Å². The Morgan fingerprint density at radius 2 is 1.39 bits per heavy atom. The van der Waals surface area contributed by atoms with Crippen molar-refractivity contribution < 1.29 is 47.2 Å². The van der Waals surface area contributed by atoms with E-state index in [4.69, 9.17) is 0 Å². The van der Waals surface area contributed by atoms with E-state index in [1.54, 1.807) is 19.8 Å². The molecule has 4 aromatic rings. The van der Waals surface area contributed by atoms with Gasteiger partial charge in [-0.25, -0.2) is 0 Å². The van der Waals surface area contributed by atoms with Gasteiger partial charge in [0, 0.05) is 0 Å². The molecule has 0 bridgehead atoms. The van der Waals surface area contributed by atoms with Gasteiger partial charge < -0.3 is 24.8 Å². The van der Waals surface area contributed by atoms with E-state index >= 15 is 0 Å². The molecule has 33 heavy (non-hydrogen) atoms. The van der Waals surface area contributed by atoms with Crippen LogP contribution in [0.1, 0.15) is 41.9 Å². The summed E-state index contributed by atoms with van der Waals surface area (Å²) in [6.45, 7) is 0. The molecule has 3 aliphatic rings. The van der Waals surface area contributed by atoms with E-state index in [9.17, 15) is 0 Å². The van der Waals surface area contributed by atoms with Crippen molar-refractivity contribution >= 4 is 28.1 Å². The Kier molecular flexibility index (Phi) is 6.33. The number of halogens is 2. The van der Waals surface area contributed by atoms with Gasteiger partial charge in [0.25, 0.3) is 0 Å². The summed E-state index contributed by atoms with van der Waals surface area (Å²) in [5.41, 5.74) is 7.68. The zero-order valence-electron chi connectivity index (χ0n) is 18.2. The third-order valence-corrected chi connectivity index (χ3v) is 13.2. The van der Waals surface area contributed by atoms with E-state index in [1.807, 2.05) is 3.26 Å². The summed E-state index contributed by atoms with van der Waals surface area (Å²) >= 11 is -1.03. The molecule has 0 aromatic heterocycles. The van der Waals surface area contributed by atoms with Crippen LogP contribution in [0, 0.1) is 0 Å². The molecule has 1 saturated carbocycles. The van der Waals surface area contributed by atoms with Crippen molar-refractivity contribution in [2.24, 2.45) is 0 Å². The van der Waals surface area contributed by atoms with Gasteiger partial charge in [-0.1, -0.05) is 0 Å². The largest absolute Gasteiger partial charge is 1.00 e. The average molecular weight is 633 g/mol. The summed E-state index contributed by atoms with van der Waals surface area (Å²) in [5.74, 6) is 0.455. The van der Waals surface area contributed by atoms with Crippen LogP contribution in [0.2, 0.25) is 0 Å². The number of benzene rings is 4. The second kappa shape index (κ2) is 9.10. The molecule has 0 aliphatic heterocycles. The Labute approximate surface area is 218 Å². The van der Waals surface area contributed by atoms with Crippen molar-refractivity contribution in [3.05, 3.63) is 102 Å². The van der Waals surface area contributed by atoms with Gasteiger partial charge in [0.15, 0.2) is 0 Å². The van der Waals surface area contributed by atoms with Gasteiger partial charge in [0.2, 0.25) is 0 Å². The summed E-state index contributed by atoms with van der Waals surface area (Å²) in [7, 11) is 0. The molecule has 3 heteroatoms. The van der Waals surface area contributed by atoms with Crippen LogP contribution in [0.3, 0.4) is 0 Å². The fourth-order valence-electron chi connectivity index (χ4n) is 5.58. The van der Waals surface area contributed by atoms with E-state index in [-0.39, 0.29) is 24.8 Å². The molecule has 4 aromatic carbocycles. The number of allylic oxidation sites excluding steroid dienone is 4. The number of hydrogen-bond donors (Lipinski definition) is 0. The third-order valence-electron chi connectivity index (χ3n) is 7.32. The van der Waals surface area contributed by atoms with Crippen LogP contribution in [-0.2, 0) is 28.8 Å². The molecule has 0 heterocycles. The maximum atomic E-state index is 2.44. The van der Waals surface area contributed by atoms with E-state index in [2.05, 4.69) is 85.0 Å². The molecule has 3 aliphatic carbocycles. The second-order valence-corrected chi connectivity index (χ2v) is 14.3. The standard InChI is InChI=1S/C26H17.C4H6.2ClH.Hf/c1-2-6-17(5-1)20-12-9-19-11-14-22-15-21-13-10-18-7-3-4-8-23(18)25(21)26(22)24(19)16-20;1-2-4-3-1;;;/h1-14,17H,15H2;1-3H2;2*1H;/q;;;;+2/p-2. The predicted molar refractivity (Wildman–Crippen MR) is 129 cm³/mol. The smallest absolute Gasteiger partial charge is 1.00 e. The predicted octanol–water partition coefficient (Wildman–Crippen LogP) is 0.846. The molecule has 0 radical (unpaired) electrons. The third kappa shape index (κ3) is 3.64. The van der Waals surface area contributed by atoms with E-state index in [0.29, 0.717) is 5.92 Å². The van der Waals surface area contributed by atoms with Gasteiger partial charge in [-0.15, -0.1) is 0 Å². The Morgan fingerprint density at radius 1 is 0.697 bits per heavy atom. The molecule has 0 spiro atoms. The van der Waals surface area contributed by atoms with Crippen LogP contribution in [-0.4, -0.2) is 3.26 Å². The van der Waals surface area contributed by atoms with E-state index in [1.165, 1.54) is 52.1 Å². The molecule has 0 nitrogen and oxygen atoms in total. The Balaban J connectivity index is 0.00000114. The fourth-order valence-corrected chi connectivity index (χ4v) is 11.9. The van der Waals surface area contributed by atoms with Gasteiger partial charge >= 0.3 is 195 Å². The minimum absolute atomic E-state index is 0. The van der Waals surface area contributed by atoms with Gasteiger partial charge in [-0.2, -0.15) is 0 Å². The minimum atomic E-state index is -1.03. The molecule has 0 atom stereocenters. The molecular formula is C30H23Cl2Hf. The number of hydrogen-bond acceptors (Lipinski definition) is 0. The van der Waals surface area contributed by atoms with Crippen LogP contribution in [0.5, 0.6) is 0 Å². The van der Waals surface area contributed by atoms with Crippen molar-refractivity contribution in [2.75, 3.05) is 0 Å². The molecule has 0 saturated heterocycles. The van der Waals surface area contributed by atoms with Crippen LogP contribution < -0.4 is 28.1 Å². The summed E-state index contributed by atoms with van der Waals surface area (Å²) in [6, 6.07) is 23.3. The topological polar surface area (TPSA) is 0 Å². The maximum Gasteiger partial charge on any atom is -1.00 e. The molecule has 1 fully saturated rings. The van der Waals surface area contributed by atoms with Gasteiger partial charge in [-0.3, -0.25) is 0 Å². The van der Waals surface area contributed by atoms with Crippen molar-refractivity contribution in [3.8, 4) is 11.1 Å². The van der Waals surface area contributed by atoms with Gasteiger partial charge in [0.1, 0.15) is 0 Å².